The van der Waals surface area contributed by atoms with E-state index in [0.717, 1.165) is 58.5 Å². The Kier molecular flexibility index (Phi) is 7.03. The molecule has 1 amide bonds. The highest BCUT2D eigenvalue weighted by Gasteiger charge is 2.54. The van der Waals surface area contributed by atoms with E-state index >= 15 is 0 Å². The molecule has 1 atom stereocenters. The molecule has 10 heteroatoms. The van der Waals surface area contributed by atoms with Crippen molar-refractivity contribution in [3.63, 3.8) is 0 Å². The minimum Gasteiger partial charge on any atom is -0.488 e. The molecule has 0 aliphatic carbocycles. The maximum Gasteiger partial charge on any atom is 0.274 e. The number of hydrogen-bond acceptors (Lipinski definition) is 5. The van der Waals surface area contributed by atoms with Gasteiger partial charge in [0.25, 0.3) is 5.91 Å². The van der Waals surface area contributed by atoms with Crippen molar-refractivity contribution in [2.75, 3.05) is 25.0 Å². The van der Waals surface area contributed by atoms with Crippen molar-refractivity contribution in [1.82, 2.24) is 4.90 Å². The summed E-state index contributed by atoms with van der Waals surface area (Å²) in [5, 5.41) is 13.0. The van der Waals surface area contributed by atoms with Gasteiger partial charge in [-0.1, -0.05) is 29.6 Å². The average molecular weight is 606 g/mol. The number of likely N-dealkylation sites (tertiary alicyclic amines) is 1. The quantitative estimate of drug-likeness (QED) is 0.412. The number of amides is 1. The van der Waals surface area contributed by atoms with Crippen LogP contribution in [-0.4, -0.2) is 36.2 Å². The summed E-state index contributed by atoms with van der Waals surface area (Å²) in [6.07, 6.45) is 3.15. The van der Waals surface area contributed by atoms with Gasteiger partial charge in [0.2, 0.25) is 5.66 Å². The van der Waals surface area contributed by atoms with Crippen LogP contribution in [0.15, 0.2) is 52.2 Å². The number of rotatable bonds is 3. The second-order valence-corrected chi connectivity index (χ2v) is 9.84. The summed E-state index contributed by atoms with van der Waals surface area (Å²) in [6.45, 7) is 1.78. The molecule has 0 spiro atoms. The largest absolute Gasteiger partial charge is 0.488 e. The zero-order chi connectivity index (χ0) is 21.6. The molecule has 0 aromatic heterocycles. The normalized spacial score (nSPS) is 22.0. The van der Waals surface area contributed by atoms with Crippen molar-refractivity contribution in [1.29, 1.82) is 0 Å². The van der Waals surface area contributed by atoms with E-state index in [1.54, 1.807) is 18.2 Å². The smallest absolute Gasteiger partial charge is 0.274 e. The molecule has 0 radical (unpaired) electrons. The van der Waals surface area contributed by atoms with E-state index in [1.165, 1.54) is 0 Å². The number of nitrogens with one attached hydrogen (secondary N) is 1. The Morgan fingerprint density at radius 2 is 1.91 bits per heavy atom. The topological polar surface area (TPSA) is 66.3 Å². The molecular formula is C22H20Cl3IN4O2. The van der Waals surface area contributed by atoms with Crippen LogP contribution < -0.4 is 10.1 Å². The monoisotopic (exact) mass is 604 g/mol. The Balaban J connectivity index is 0.00000245. The molecule has 32 heavy (non-hydrogen) atoms. The van der Waals surface area contributed by atoms with E-state index in [2.05, 4.69) is 43.0 Å². The van der Waals surface area contributed by atoms with Gasteiger partial charge in [-0.2, -0.15) is 10.2 Å². The molecule has 1 N–H and O–H groups in total. The number of piperidine rings is 1. The maximum atomic E-state index is 13.8. The van der Waals surface area contributed by atoms with Gasteiger partial charge in [0.05, 0.1) is 10.7 Å². The van der Waals surface area contributed by atoms with E-state index in [0.29, 0.717) is 15.7 Å². The van der Waals surface area contributed by atoms with E-state index in [4.69, 9.17) is 27.9 Å². The summed E-state index contributed by atoms with van der Waals surface area (Å²) in [5.74, 6) is 0.477. The lowest BCUT2D eigenvalue weighted by Gasteiger charge is -2.40. The highest BCUT2D eigenvalue weighted by atomic mass is 127. The van der Waals surface area contributed by atoms with Crippen LogP contribution >= 0.6 is 58.2 Å². The highest BCUT2D eigenvalue weighted by Crippen LogP contribution is 2.47. The van der Waals surface area contributed by atoms with Crippen LogP contribution in [0.4, 0.5) is 5.69 Å². The first-order valence-electron chi connectivity index (χ1n) is 10.1. The summed E-state index contributed by atoms with van der Waals surface area (Å²) in [4.78, 5) is 15.9. The van der Waals surface area contributed by atoms with Crippen molar-refractivity contribution in [2.45, 2.75) is 24.9 Å². The van der Waals surface area contributed by atoms with Crippen molar-refractivity contribution in [3.8, 4) is 5.75 Å². The predicted molar refractivity (Wildman–Crippen MR) is 137 cm³/mol. The van der Waals surface area contributed by atoms with Gasteiger partial charge < -0.3 is 10.1 Å². The number of benzene rings is 2. The van der Waals surface area contributed by atoms with Gasteiger partial charge >= 0.3 is 0 Å². The van der Waals surface area contributed by atoms with Crippen molar-refractivity contribution in [2.24, 2.45) is 10.2 Å². The molecule has 1 saturated heterocycles. The molecule has 0 bridgehead atoms. The Morgan fingerprint density at radius 3 is 2.66 bits per heavy atom. The lowest BCUT2D eigenvalue weighted by atomic mass is 9.90. The van der Waals surface area contributed by atoms with Crippen LogP contribution in [0.2, 0.25) is 10.0 Å². The van der Waals surface area contributed by atoms with Gasteiger partial charge in [-0.25, -0.2) is 0 Å². The lowest BCUT2D eigenvalue weighted by Crippen LogP contribution is -2.58. The van der Waals surface area contributed by atoms with Crippen molar-refractivity contribution < 1.29 is 9.53 Å². The molecule has 3 heterocycles. The minimum absolute atomic E-state index is 0. The number of fused-ring (bicyclic) bond motifs is 2. The molecule has 1 unspecified atom stereocenters. The van der Waals surface area contributed by atoms with Crippen LogP contribution in [0.25, 0.3) is 5.70 Å². The number of azo groups is 1. The van der Waals surface area contributed by atoms with Crippen LogP contribution in [0, 0.1) is 3.57 Å². The predicted octanol–water partition coefficient (Wildman–Crippen LogP) is 6.41. The zero-order valence-corrected chi connectivity index (χ0v) is 21.4. The van der Waals surface area contributed by atoms with Crippen LogP contribution in [0.1, 0.15) is 24.8 Å². The summed E-state index contributed by atoms with van der Waals surface area (Å²) in [6, 6.07) is 11.0. The van der Waals surface area contributed by atoms with E-state index in [1.807, 2.05) is 18.2 Å². The number of anilines is 1. The lowest BCUT2D eigenvalue weighted by molar-refractivity contribution is -0.126. The van der Waals surface area contributed by atoms with Crippen molar-refractivity contribution in [3.05, 3.63) is 61.2 Å². The van der Waals surface area contributed by atoms with Gasteiger partial charge in [-0.3, -0.25) is 9.69 Å². The SMILES string of the molecule is Cl.O=C(Nc1ccc(Cl)cc1Cl)C1(N2CCCCC2)N=NC2=C1COc1cc(I)ccc12. The third kappa shape index (κ3) is 4.03. The Hall–Kier alpha value is -1.39. The molecule has 3 aliphatic rings. The van der Waals surface area contributed by atoms with Crippen LogP contribution in [0.3, 0.4) is 0 Å². The summed E-state index contributed by atoms with van der Waals surface area (Å²) in [5.41, 5.74) is 1.59. The average Bonchev–Trinajstić information content (AvgIpc) is 3.17. The number of carbonyl (C=O) groups excluding carboxylic acids is 1. The molecule has 6 nitrogen and oxygen atoms in total. The Labute approximate surface area is 215 Å². The van der Waals surface area contributed by atoms with Crippen LogP contribution in [-0.2, 0) is 4.79 Å². The number of halogens is 4. The van der Waals surface area contributed by atoms with Gasteiger partial charge in [0, 0.05) is 32.8 Å². The third-order valence-electron chi connectivity index (χ3n) is 5.88. The molecule has 168 valence electrons. The van der Waals surface area contributed by atoms with E-state index in [9.17, 15) is 4.79 Å². The number of hydrogen-bond donors (Lipinski definition) is 1. The Bertz CT molecular complexity index is 1130. The summed E-state index contributed by atoms with van der Waals surface area (Å²) in [7, 11) is 0. The maximum absolute atomic E-state index is 13.8. The number of carbonyl (C=O) groups is 1. The fraction of sp³-hybridized carbons (Fsp3) is 0.318. The first kappa shape index (κ1) is 23.8. The fourth-order valence-electron chi connectivity index (χ4n) is 4.35. The highest BCUT2D eigenvalue weighted by molar-refractivity contribution is 14.1. The van der Waals surface area contributed by atoms with Crippen molar-refractivity contribution >= 4 is 75.5 Å². The standard InChI is InChI=1S/C22H19Cl2IN4O2.ClH/c23-13-4-7-18(17(24)10-13)26-21(30)22(29-8-2-1-3-9-29)16-12-31-19-11-14(25)5-6-15(19)20(16)27-28-22;/h4-7,10-11H,1-3,8-9,12H2,(H,26,30);1H. The minimum atomic E-state index is -1.25. The molecule has 0 saturated carbocycles. The first-order valence-corrected chi connectivity index (χ1v) is 11.9. The van der Waals surface area contributed by atoms with E-state index < -0.39 is 5.66 Å². The molecule has 5 rings (SSSR count). The molecule has 1 fully saturated rings. The van der Waals surface area contributed by atoms with Crippen LogP contribution in [0.5, 0.6) is 5.75 Å². The molecule has 2 aromatic rings. The number of nitrogens with zero attached hydrogens (tertiary/aromatic N) is 3. The Morgan fingerprint density at radius 1 is 1.12 bits per heavy atom. The molecule has 3 aliphatic heterocycles. The molecule has 2 aromatic carbocycles. The summed E-state index contributed by atoms with van der Waals surface area (Å²) >= 11 is 14.6. The van der Waals surface area contributed by atoms with Gasteiger partial charge in [0.1, 0.15) is 18.1 Å². The first-order chi connectivity index (χ1) is 15.0. The summed E-state index contributed by atoms with van der Waals surface area (Å²) < 4.78 is 7.15. The van der Waals surface area contributed by atoms with Gasteiger partial charge in [-0.15, -0.1) is 12.4 Å². The number of ether oxygens (including phenoxy) is 1. The zero-order valence-electron chi connectivity index (χ0n) is 16.9. The molecular weight excluding hydrogens is 586 g/mol. The van der Waals surface area contributed by atoms with E-state index in [-0.39, 0.29) is 24.9 Å². The third-order valence-corrected chi connectivity index (χ3v) is 7.10. The van der Waals surface area contributed by atoms with Gasteiger partial charge in [-0.05, 0) is 71.8 Å². The second-order valence-electron chi connectivity index (χ2n) is 7.75. The second kappa shape index (κ2) is 9.46. The fourth-order valence-corrected chi connectivity index (χ4v) is 5.27. The van der Waals surface area contributed by atoms with Gasteiger partial charge in [0.15, 0.2) is 0 Å².